The van der Waals surface area contributed by atoms with Crippen LogP contribution in [-0.2, 0) is 4.79 Å². The van der Waals surface area contributed by atoms with Crippen molar-refractivity contribution in [1.29, 1.82) is 0 Å². The van der Waals surface area contributed by atoms with Gasteiger partial charge in [0.25, 0.3) is 0 Å². The third-order valence-corrected chi connectivity index (χ3v) is 3.74. The highest BCUT2D eigenvalue weighted by Crippen LogP contribution is 2.41. The van der Waals surface area contributed by atoms with Gasteiger partial charge in [-0.1, -0.05) is 33.6 Å². The summed E-state index contributed by atoms with van der Waals surface area (Å²) in [6, 6.07) is 0. The Morgan fingerprint density at radius 2 is 2.06 bits per heavy atom. The van der Waals surface area contributed by atoms with Gasteiger partial charge in [0.15, 0.2) is 0 Å². The van der Waals surface area contributed by atoms with E-state index >= 15 is 0 Å². The summed E-state index contributed by atoms with van der Waals surface area (Å²) in [5.41, 5.74) is -0.706. The van der Waals surface area contributed by atoms with Crippen molar-refractivity contribution in [2.24, 2.45) is 17.3 Å². The molecule has 3 heteroatoms. The molecule has 17 heavy (non-hydrogen) atoms. The molecule has 4 atom stereocenters. The Kier molecular flexibility index (Phi) is 4.35. The average molecular weight is 238 g/mol. The average Bonchev–Trinajstić information content (AvgIpc) is 2.43. The molecule has 0 radical (unpaired) electrons. The van der Waals surface area contributed by atoms with Crippen molar-refractivity contribution in [2.75, 3.05) is 0 Å². The summed E-state index contributed by atoms with van der Waals surface area (Å²) in [4.78, 5) is 11.9. The molecule has 2 N–H and O–H groups in total. The monoisotopic (exact) mass is 238 g/mol. The molecule has 0 saturated heterocycles. The van der Waals surface area contributed by atoms with Gasteiger partial charge in [0.05, 0.1) is 23.5 Å². The van der Waals surface area contributed by atoms with Crippen molar-refractivity contribution in [3.05, 3.63) is 0 Å². The Bertz CT molecular complexity index is 348. The largest absolute Gasteiger partial charge is 0.392 e. The fourth-order valence-electron chi connectivity index (χ4n) is 2.26. The van der Waals surface area contributed by atoms with E-state index in [1.165, 1.54) is 0 Å². The Balaban J connectivity index is 2.76. The molecule has 1 saturated carbocycles. The van der Waals surface area contributed by atoms with E-state index in [1.54, 1.807) is 13.8 Å². The zero-order valence-electron chi connectivity index (χ0n) is 11.0. The predicted molar refractivity (Wildman–Crippen MR) is 66.1 cm³/mol. The highest BCUT2D eigenvalue weighted by Gasteiger charge is 2.51. The lowest BCUT2D eigenvalue weighted by Crippen LogP contribution is -2.31. The molecule has 4 unspecified atom stereocenters. The van der Waals surface area contributed by atoms with Gasteiger partial charge in [-0.2, -0.15) is 0 Å². The maximum absolute atomic E-state index is 11.9. The number of carbonyl (C=O) groups is 1. The topological polar surface area (TPSA) is 57.5 Å². The molecule has 0 aromatic heterocycles. The lowest BCUT2D eigenvalue weighted by molar-refractivity contribution is -0.129. The molecule has 0 spiro atoms. The smallest absolute Gasteiger partial charge is 0.145 e. The van der Waals surface area contributed by atoms with Crippen LogP contribution < -0.4 is 0 Å². The summed E-state index contributed by atoms with van der Waals surface area (Å²) in [6.07, 6.45) is -0.0560. The molecule has 1 aliphatic rings. The van der Waals surface area contributed by atoms with Gasteiger partial charge in [-0.05, 0) is 6.42 Å². The van der Waals surface area contributed by atoms with Crippen LogP contribution in [0.15, 0.2) is 0 Å². The maximum Gasteiger partial charge on any atom is 0.145 e. The molecule has 96 valence electrons. The molecule has 0 bridgehead atoms. The van der Waals surface area contributed by atoms with Crippen LogP contribution in [0.4, 0.5) is 0 Å². The summed E-state index contributed by atoms with van der Waals surface area (Å²) < 4.78 is 0. The minimum atomic E-state index is -0.712. The number of Topliss-reactive ketones (excluding diaryl/α,β-unsaturated/α-hetero) is 1. The molecule has 0 heterocycles. The Morgan fingerprint density at radius 3 is 2.47 bits per heavy atom. The van der Waals surface area contributed by atoms with E-state index in [1.807, 2.05) is 13.8 Å². The summed E-state index contributed by atoms with van der Waals surface area (Å²) in [5, 5.41) is 19.5. The first-order chi connectivity index (χ1) is 7.82. The second-order valence-corrected chi connectivity index (χ2v) is 5.43. The number of ketones is 1. The van der Waals surface area contributed by atoms with Crippen molar-refractivity contribution < 1.29 is 15.0 Å². The minimum Gasteiger partial charge on any atom is -0.392 e. The van der Waals surface area contributed by atoms with E-state index in [4.69, 9.17) is 0 Å². The first kappa shape index (κ1) is 14.2. The van der Waals surface area contributed by atoms with Crippen molar-refractivity contribution in [3.8, 4) is 11.8 Å². The first-order valence-corrected chi connectivity index (χ1v) is 6.21. The highest BCUT2D eigenvalue weighted by molar-refractivity contribution is 5.90. The third-order valence-electron chi connectivity index (χ3n) is 3.74. The number of rotatable bonds is 2. The lowest BCUT2D eigenvalue weighted by atomic mass is 9.86. The summed E-state index contributed by atoms with van der Waals surface area (Å²) in [6.45, 7) is 7.24. The van der Waals surface area contributed by atoms with Crippen LogP contribution in [-0.4, -0.2) is 28.2 Å². The lowest BCUT2D eigenvalue weighted by Gasteiger charge is -2.21. The van der Waals surface area contributed by atoms with Crippen LogP contribution in [0.25, 0.3) is 0 Å². The molecule has 1 fully saturated rings. The van der Waals surface area contributed by atoms with Crippen LogP contribution in [0.5, 0.6) is 0 Å². The highest BCUT2D eigenvalue weighted by atomic mass is 16.3. The molecular weight excluding hydrogens is 216 g/mol. The number of hydrogen-bond donors (Lipinski definition) is 2. The van der Waals surface area contributed by atoms with E-state index in [9.17, 15) is 15.0 Å². The molecule has 0 aliphatic heterocycles. The Labute approximate surface area is 103 Å². The van der Waals surface area contributed by atoms with Gasteiger partial charge in [0, 0.05) is 12.3 Å². The standard InChI is InChI=1S/C14H22O3/c1-5-10(15)7-6-8-11-9(2)12(16)14(3,4)13(11)17/h9-11,13,15,17H,5,7H2,1-4H3. The summed E-state index contributed by atoms with van der Waals surface area (Å²) >= 11 is 0. The van der Waals surface area contributed by atoms with Crippen LogP contribution in [0.1, 0.15) is 40.5 Å². The van der Waals surface area contributed by atoms with Gasteiger partial charge >= 0.3 is 0 Å². The van der Waals surface area contributed by atoms with E-state index in [0.717, 1.165) is 0 Å². The molecule has 3 nitrogen and oxygen atoms in total. The van der Waals surface area contributed by atoms with Crippen LogP contribution >= 0.6 is 0 Å². The predicted octanol–water partition coefficient (Wildman–Crippen LogP) is 1.37. The van der Waals surface area contributed by atoms with E-state index in [2.05, 4.69) is 11.8 Å². The third kappa shape index (κ3) is 2.70. The molecule has 0 aromatic carbocycles. The second kappa shape index (κ2) is 5.20. The van der Waals surface area contributed by atoms with Crippen molar-refractivity contribution >= 4 is 5.78 Å². The molecule has 0 aromatic rings. The number of aliphatic hydroxyl groups excluding tert-OH is 2. The number of carbonyl (C=O) groups excluding carboxylic acids is 1. The van der Waals surface area contributed by atoms with E-state index < -0.39 is 17.6 Å². The fourth-order valence-corrected chi connectivity index (χ4v) is 2.26. The van der Waals surface area contributed by atoms with Gasteiger partial charge in [-0.3, -0.25) is 4.79 Å². The SMILES string of the molecule is CCC(O)CC#CC1C(C)C(=O)C(C)(C)C1O. The van der Waals surface area contributed by atoms with Gasteiger partial charge in [-0.25, -0.2) is 0 Å². The van der Waals surface area contributed by atoms with E-state index in [-0.39, 0.29) is 17.6 Å². The summed E-state index contributed by atoms with van der Waals surface area (Å²) in [5.74, 6) is 5.37. The van der Waals surface area contributed by atoms with Crippen LogP contribution in [0.2, 0.25) is 0 Å². The molecule has 0 amide bonds. The number of aliphatic hydroxyl groups is 2. The zero-order valence-corrected chi connectivity index (χ0v) is 11.0. The first-order valence-electron chi connectivity index (χ1n) is 6.21. The van der Waals surface area contributed by atoms with Crippen LogP contribution in [0, 0.1) is 29.1 Å². The van der Waals surface area contributed by atoms with Crippen molar-refractivity contribution in [3.63, 3.8) is 0 Å². The zero-order chi connectivity index (χ0) is 13.2. The second-order valence-electron chi connectivity index (χ2n) is 5.43. The normalized spacial score (nSPS) is 33.1. The van der Waals surface area contributed by atoms with Gasteiger partial charge in [0.2, 0.25) is 0 Å². The molecule has 1 aliphatic carbocycles. The Morgan fingerprint density at radius 1 is 1.47 bits per heavy atom. The van der Waals surface area contributed by atoms with Crippen molar-refractivity contribution in [2.45, 2.75) is 52.7 Å². The van der Waals surface area contributed by atoms with Gasteiger partial charge in [-0.15, -0.1) is 5.92 Å². The molecule has 1 rings (SSSR count). The van der Waals surface area contributed by atoms with Gasteiger partial charge < -0.3 is 10.2 Å². The van der Waals surface area contributed by atoms with Crippen molar-refractivity contribution in [1.82, 2.24) is 0 Å². The van der Waals surface area contributed by atoms with Gasteiger partial charge in [0.1, 0.15) is 5.78 Å². The number of hydrogen-bond acceptors (Lipinski definition) is 3. The summed E-state index contributed by atoms with van der Waals surface area (Å²) in [7, 11) is 0. The van der Waals surface area contributed by atoms with Crippen LogP contribution in [0.3, 0.4) is 0 Å². The molecular formula is C14H22O3. The van der Waals surface area contributed by atoms with E-state index in [0.29, 0.717) is 12.8 Å². The minimum absolute atomic E-state index is 0.0698. The maximum atomic E-state index is 11.9. The Hall–Kier alpha value is -0.850. The quantitative estimate of drug-likeness (QED) is 0.714. The fraction of sp³-hybridized carbons (Fsp3) is 0.786.